The third kappa shape index (κ3) is 3.49. The molecule has 0 fully saturated rings. The van der Waals surface area contributed by atoms with E-state index in [1.807, 2.05) is 0 Å². The number of anilines is 1. The molecule has 1 aliphatic rings. The number of rotatable bonds is 4. The normalized spacial score (nSPS) is 16.9. The Bertz CT molecular complexity index is 1100. The highest BCUT2D eigenvalue weighted by Crippen LogP contribution is 2.44. The van der Waals surface area contributed by atoms with Crippen molar-refractivity contribution in [1.82, 2.24) is 0 Å². The number of aliphatic hydroxyl groups is 1. The number of amides is 1. The van der Waals surface area contributed by atoms with Crippen LogP contribution in [0.1, 0.15) is 32.4 Å². The van der Waals surface area contributed by atoms with Crippen molar-refractivity contribution in [2.75, 3.05) is 4.90 Å². The maximum atomic E-state index is 13.8. The standard InChI is InChI=1S/C21H19FN2O6/c1-21(2,3)19(27)16-17(11-7-8-15(25)14(9-11)24(29)30)23(20(28)18(16)26)13-6-4-5-12(22)10-13/h4-10,17,25-26H,1-3H3. The van der Waals surface area contributed by atoms with Crippen LogP contribution in [0.15, 0.2) is 53.8 Å². The quantitative estimate of drug-likeness (QED) is 0.577. The van der Waals surface area contributed by atoms with Crippen LogP contribution in [0.3, 0.4) is 0 Å². The van der Waals surface area contributed by atoms with Crippen molar-refractivity contribution < 1.29 is 29.1 Å². The summed E-state index contributed by atoms with van der Waals surface area (Å²) in [5.74, 6) is -3.53. The van der Waals surface area contributed by atoms with Gasteiger partial charge in [0.2, 0.25) is 0 Å². The molecular formula is C21H19FN2O6. The highest BCUT2D eigenvalue weighted by molar-refractivity contribution is 6.17. The van der Waals surface area contributed by atoms with Gasteiger partial charge < -0.3 is 10.2 Å². The average Bonchev–Trinajstić information content (AvgIpc) is 2.91. The monoisotopic (exact) mass is 414 g/mol. The van der Waals surface area contributed by atoms with Crippen LogP contribution in [-0.2, 0) is 9.59 Å². The van der Waals surface area contributed by atoms with Gasteiger partial charge in [0.15, 0.2) is 17.3 Å². The van der Waals surface area contributed by atoms with Gasteiger partial charge in [-0.3, -0.25) is 24.6 Å². The second kappa shape index (κ2) is 7.25. The smallest absolute Gasteiger partial charge is 0.311 e. The van der Waals surface area contributed by atoms with Gasteiger partial charge in [0, 0.05) is 17.2 Å². The van der Waals surface area contributed by atoms with Crippen LogP contribution in [0, 0.1) is 21.3 Å². The zero-order valence-corrected chi connectivity index (χ0v) is 16.4. The molecule has 1 heterocycles. The molecule has 1 amide bonds. The van der Waals surface area contributed by atoms with Crippen LogP contribution in [0.2, 0.25) is 0 Å². The molecule has 0 aromatic heterocycles. The summed E-state index contributed by atoms with van der Waals surface area (Å²) in [6.45, 7) is 4.80. The SMILES string of the molecule is CC(C)(C)C(=O)C1=C(O)C(=O)N(c2cccc(F)c2)C1c1ccc(O)c([N+](=O)[O-])c1. The average molecular weight is 414 g/mol. The molecule has 2 aromatic carbocycles. The van der Waals surface area contributed by atoms with Crippen molar-refractivity contribution >= 4 is 23.1 Å². The number of phenols is 1. The number of nitrogens with zero attached hydrogens (tertiary/aromatic N) is 2. The first-order valence-corrected chi connectivity index (χ1v) is 8.98. The van der Waals surface area contributed by atoms with Gasteiger partial charge in [0.1, 0.15) is 5.82 Å². The summed E-state index contributed by atoms with van der Waals surface area (Å²) in [7, 11) is 0. The number of hydrogen-bond acceptors (Lipinski definition) is 6. The zero-order chi connectivity index (χ0) is 22.4. The lowest BCUT2D eigenvalue weighted by Crippen LogP contribution is -2.32. The lowest BCUT2D eigenvalue weighted by molar-refractivity contribution is -0.385. The van der Waals surface area contributed by atoms with Gasteiger partial charge in [-0.25, -0.2) is 4.39 Å². The summed E-state index contributed by atoms with van der Waals surface area (Å²) >= 11 is 0. The van der Waals surface area contributed by atoms with Gasteiger partial charge in [-0.05, 0) is 29.8 Å². The first-order chi connectivity index (χ1) is 13.9. The van der Waals surface area contributed by atoms with Crippen molar-refractivity contribution in [3.05, 3.63) is 75.3 Å². The number of aromatic hydroxyl groups is 1. The molecule has 156 valence electrons. The van der Waals surface area contributed by atoms with E-state index in [0.29, 0.717) is 0 Å². The Kier molecular flexibility index (Phi) is 5.07. The number of ketones is 1. The Labute approximate surface area is 171 Å². The molecule has 2 N–H and O–H groups in total. The number of benzene rings is 2. The maximum absolute atomic E-state index is 13.8. The molecular weight excluding hydrogens is 395 g/mol. The summed E-state index contributed by atoms with van der Waals surface area (Å²) in [5.41, 5.74) is -1.70. The fraction of sp³-hybridized carbons (Fsp3) is 0.238. The van der Waals surface area contributed by atoms with Gasteiger partial charge in [-0.2, -0.15) is 0 Å². The van der Waals surface area contributed by atoms with Crippen LogP contribution >= 0.6 is 0 Å². The van der Waals surface area contributed by atoms with Crippen molar-refractivity contribution in [3.63, 3.8) is 0 Å². The summed E-state index contributed by atoms with van der Waals surface area (Å²) in [4.78, 5) is 37.4. The van der Waals surface area contributed by atoms with E-state index in [1.165, 1.54) is 24.3 Å². The number of Topliss-reactive ketones (excluding diaryl/α,β-unsaturated/α-hetero) is 1. The first kappa shape index (κ1) is 21.0. The van der Waals surface area contributed by atoms with E-state index >= 15 is 0 Å². The lowest BCUT2D eigenvalue weighted by Gasteiger charge is -2.29. The fourth-order valence-electron chi connectivity index (χ4n) is 3.31. The van der Waals surface area contributed by atoms with Gasteiger partial charge >= 0.3 is 5.69 Å². The van der Waals surface area contributed by atoms with Crippen molar-refractivity contribution in [1.29, 1.82) is 0 Å². The molecule has 2 aromatic rings. The largest absolute Gasteiger partial charge is 0.503 e. The first-order valence-electron chi connectivity index (χ1n) is 8.98. The molecule has 0 aliphatic carbocycles. The minimum Gasteiger partial charge on any atom is -0.503 e. The third-order valence-electron chi connectivity index (χ3n) is 4.73. The van der Waals surface area contributed by atoms with Crippen molar-refractivity contribution in [3.8, 4) is 5.75 Å². The van der Waals surface area contributed by atoms with Gasteiger partial charge in [0.25, 0.3) is 5.91 Å². The summed E-state index contributed by atoms with van der Waals surface area (Å²) in [5, 5.41) is 31.6. The third-order valence-corrected chi connectivity index (χ3v) is 4.73. The molecule has 0 saturated carbocycles. The van der Waals surface area contributed by atoms with Crippen molar-refractivity contribution in [2.45, 2.75) is 26.8 Å². The number of nitro benzene ring substituents is 1. The number of nitro groups is 1. The summed E-state index contributed by atoms with van der Waals surface area (Å²) in [6.07, 6.45) is 0. The fourth-order valence-corrected chi connectivity index (χ4v) is 3.31. The number of carbonyl (C=O) groups excluding carboxylic acids is 2. The maximum Gasteiger partial charge on any atom is 0.311 e. The summed E-state index contributed by atoms with van der Waals surface area (Å²) < 4.78 is 13.8. The Morgan fingerprint density at radius 1 is 1.17 bits per heavy atom. The Balaban J connectivity index is 2.28. The number of hydrogen-bond donors (Lipinski definition) is 2. The molecule has 8 nitrogen and oxygen atoms in total. The molecule has 0 spiro atoms. The molecule has 0 saturated heterocycles. The number of halogens is 1. The van der Waals surface area contributed by atoms with E-state index in [9.17, 15) is 34.3 Å². The molecule has 3 rings (SSSR count). The van der Waals surface area contributed by atoms with Crippen LogP contribution in [0.5, 0.6) is 5.75 Å². The highest BCUT2D eigenvalue weighted by atomic mass is 19.1. The van der Waals surface area contributed by atoms with E-state index in [1.54, 1.807) is 20.8 Å². The second-order valence-electron chi connectivity index (χ2n) is 7.90. The lowest BCUT2D eigenvalue weighted by atomic mass is 9.82. The Morgan fingerprint density at radius 2 is 1.83 bits per heavy atom. The molecule has 0 bridgehead atoms. The Hall–Kier alpha value is -3.75. The van der Waals surface area contributed by atoms with Gasteiger partial charge in [-0.1, -0.05) is 32.9 Å². The van der Waals surface area contributed by atoms with E-state index in [-0.39, 0.29) is 16.8 Å². The number of carbonyl (C=O) groups is 2. The summed E-state index contributed by atoms with van der Waals surface area (Å²) in [6, 6.07) is 7.14. The Morgan fingerprint density at radius 3 is 2.40 bits per heavy atom. The second-order valence-corrected chi connectivity index (χ2v) is 7.90. The minimum absolute atomic E-state index is 0.0592. The number of phenolic OH excluding ortho intramolecular Hbond substituents is 1. The minimum atomic E-state index is -1.25. The number of aliphatic hydroxyl groups excluding tert-OH is 1. The zero-order valence-electron chi connectivity index (χ0n) is 16.4. The predicted molar refractivity (Wildman–Crippen MR) is 106 cm³/mol. The van der Waals surface area contributed by atoms with E-state index in [4.69, 9.17) is 0 Å². The predicted octanol–water partition coefficient (Wildman–Crippen LogP) is 3.95. The van der Waals surface area contributed by atoms with E-state index in [0.717, 1.165) is 23.1 Å². The van der Waals surface area contributed by atoms with E-state index in [2.05, 4.69) is 0 Å². The van der Waals surface area contributed by atoms with Crippen LogP contribution < -0.4 is 4.90 Å². The molecule has 0 radical (unpaired) electrons. The van der Waals surface area contributed by atoms with Crippen LogP contribution in [-0.4, -0.2) is 26.8 Å². The molecule has 1 aliphatic heterocycles. The highest BCUT2D eigenvalue weighted by Gasteiger charge is 2.47. The van der Waals surface area contributed by atoms with Gasteiger partial charge in [-0.15, -0.1) is 0 Å². The topological polar surface area (TPSA) is 121 Å². The van der Waals surface area contributed by atoms with Crippen LogP contribution in [0.4, 0.5) is 15.8 Å². The van der Waals surface area contributed by atoms with Crippen molar-refractivity contribution in [2.24, 2.45) is 5.41 Å². The van der Waals surface area contributed by atoms with E-state index < -0.39 is 51.1 Å². The molecule has 9 heteroatoms. The molecule has 1 unspecified atom stereocenters. The molecule has 1 atom stereocenters. The van der Waals surface area contributed by atoms with Crippen LogP contribution in [0.25, 0.3) is 0 Å². The molecule has 30 heavy (non-hydrogen) atoms. The van der Waals surface area contributed by atoms with Gasteiger partial charge in [0.05, 0.1) is 16.5 Å².